The number of rotatable bonds is 6. The molecule has 3 aromatic carbocycles. The molecular weight excluding hydrogens is 352 g/mol. The Morgan fingerprint density at radius 1 is 0.704 bits per heavy atom. The molecule has 0 atom stereocenters. The lowest BCUT2D eigenvalue weighted by atomic mass is 10.0. The van der Waals surface area contributed by atoms with E-state index in [1.807, 2.05) is 48.5 Å². The monoisotopic (exact) mass is 374 g/mol. The lowest BCUT2D eigenvalue weighted by Gasteiger charge is -2.07. The third-order valence-corrected chi connectivity index (χ3v) is 4.54. The van der Waals surface area contributed by atoms with E-state index in [0.29, 0.717) is 0 Å². The fraction of sp³-hybridized carbons (Fsp3) is 0.200. The first-order valence-electron chi connectivity index (χ1n) is 9.35. The van der Waals surface area contributed by atoms with E-state index in [4.69, 9.17) is 16.3 Å². The van der Waals surface area contributed by atoms with Gasteiger partial charge in [0.15, 0.2) is 0 Å². The van der Waals surface area contributed by atoms with Crippen molar-refractivity contribution in [2.24, 2.45) is 0 Å². The number of benzene rings is 3. The number of unbranched alkanes of at least 4 members (excludes halogenated alkanes) is 2. The summed E-state index contributed by atoms with van der Waals surface area (Å²) in [6.45, 7) is 2.98. The molecule has 136 valence electrons. The van der Waals surface area contributed by atoms with Crippen LogP contribution in [0.4, 0.5) is 0 Å². The Hall–Kier alpha value is -2.69. The molecule has 1 nitrogen and oxygen atoms in total. The van der Waals surface area contributed by atoms with Crippen molar-refractivity contribution in [2.45, 2.75) is 26.2 Å². The quantitative estimate of drug-likeness (QED) is 0.334. The van der Waals surface area contributed by atoms with Crippen molar-refractivity contribution in [1.29, 1.82) is 0 Å². The predicted molar refractivity (Wildman–Crippen MR) is 114 cm³/mol. The van der Waals surface area contributed by atoms with Gasteiger partial charge in [-0.15, -0.1) is 0 Å². The Kier molecular flexibility index (Phi) is 6.97. The summed E-state index contributed by atoms with van der Waals surface area (Å²) in [6.07, 6.45) is 3.53. The second-order valence-corrected chi connectivity index (χ2v) is 6.85. The van der Waals surface area contributed by atoms with E-state index in [2.05, 4.69) is 43.0 Å². The van der Waals surface area contributed by atoms with E-state index < -0.39 is 0 Å². The summed E-state index contributed by atoms with van der Waals surface area (Å²) in [4.78, 5) is 0. The normalized spacial score (nSPS) is 10.1. The molecule has 0 amide bonds. The van der Waals surface area contributed by atoms with Crippen LogP contribution in [0.2, 0.25) is 5.02 Å². The number of halogens is 1. The highest BCUT2D eigenvalue weighted by Crippen LogP contribution is 2.23. The minimum absolute atomic E-state index is 0.724. The Morgan fingerprint density at radius 2 is 1.22 bits per heavy atom. The summed E-state index contributed by atoms with van der Waals surface area (Å²) < 4.78 is 5.77. The van der Waals surface area contributed by atoms with Crippen LogP contribution in [0.25, 0.3) is 11.1 Å². The molecule has 0 unspecified atom stereocenters. The predicted octanol–water partition coefficient (Wildman–Crippen LogP) is 6.98. The summed E-state index contributed by atoms with van der Waals surface area (Å²) in [5.74, 6) is 7.28. The number of hydrogen-bond donors (Lipinski definition) is 0. The Morgan fingerprint density at radius 3 is 1.78 bits per heavy atom. The second-order valence-electron chi connectivity index (χ2n) is 6.41. The van der Waals surface area contributed by atoms with E-state index >= 15 is 0 Å². The van der Waals surface area contributed by atoms with E-state index in [1.54, 1.807) is 0 Å². The zero-order chi connectivity index (χ0) is 18.9. The lowest BCUT2D eigenvalue weighted by Crippen LogP contribution is -1.96. The van der Waals surface area contributed by atoms with E-state index in [1.165, 1.54) is 24.0 Å². The first kappa shape index (κ1) is 19.1. The topological polar surface area (TPSA) is 9.23 Å². The van der Waals surface area contributed by atoms with Crippen molar-refractivity contribution in [3.63, 3.8) is 0 Å². The first-order chi connectivity index (χ1) is 13.2. The van der Waals surface area contributed by atoms with Gasteiger partial charge in [-0.25, -0.2) is 0 Å². The molecular formula is C25H23ClO. The minimum Gasteiger partial charge on any atom is -0.494 e. The highest BCUT2D eigenvalue weighted by Gasteiger charge is 1.99. The molecule has 0 aliphatic carbocycles. The van der Waals surface area contributed by atoms with Crippen LogP contribution in [0.5, 0.6) is 5.75 Å². The van der Waals surface area contributed by atoms with Gasteiger partial charge >= 0.3 is 0 Å². The highest BCUT2D eigenvalue weighted by atomic mass is 35.5. The molecule has 0 N–H and O–H groups in total. The Bertz CT molecular complexity index is 898. The van der Waals surface area contributed by atoms with Crippen molar-refractivity contribution >= 4 is 11.6 Å². The van der Waals surface area contributed by atoms with E-state index in [0.717, 1.165) is 34.9 Å². The summed E-state index contributed by atoms with van der Waals surface area (Å²) in [5.41, 5.74) is 4.29. The van der Waals surface area contributed by atoms with Gasteiger partial charge in [-0.1, -0.05) is 67.5 Å². The molecule has 0 heterocycles. The third-order valence-electron chi connectivity index (χ3n) is 4.28. The van der Waals surface area contributed by atoms with Crippen LogP contribution >= 0.6 is 11.6 Å². The molecule has 0 aromatic heterocycles. The summed E-state index contributed by atoms with van der Waals surface area (Å²) in [7, 11) is 0. The van der Waals surface area contributed by atoms with Gasteiger partial charge in [-0.2, -0.15) is 0 Å². The van der Waals surface area contributed by atoms with Crippen LogP contribution in [0, 0.1) is 11.8 Å². The van der Waals surface area contributed by atoms with Crippen LogP contribution in [0.1, 0.15) is 37.3 Å². The molecule has 27 heavy (non-hydrogen) atoms. The maximum absolute atomic E-state index is 5.90. The van der Waals surface area contributed by atoms with Gasteiger partial charge in [0.05, 0.1) is 6.61 Å². The van der Waals surface area contributed by atoms with Gasteiger partial charge < -0.3 is 4.74 Å². The second kappa shape index (κ2) is 9.86. The van der Waals surface area contributed by atoms with Crippen LogP contribution < -0.4 is 4.74 Å². The maximum Gasteiger partial charge on any atom is 0.119 e. The van der Waals surface area contributed by atoms with Crippen LogP contribution in [0.15, 0.2) is 72.8 Å². The molecule has 0 fully saturated rings. The van der Waals surface area contributed by atoms with Crippen molar-refractivity contribution in [3.05, 3.63) is 88.9 Å². The number of hydrogen-bond acceptors (Lipinski definition) is 1. The molecule has 0 radical (unpaired) electrons. The molecule has 0 saturated carbocycles. The Labute approximate surface area is 167 Å². The van der Waals surface area contributed by atoms with Crippen molar-refractivity contribution < 1.29 is 4.74 Å². The van der Waals surface area contributed by atoms with Crippen molar-refractivity contribution in [3.8, 4) is 28.7 Å². The van der Waals surface area contributed by atoms with Crippen LogP contribution in [-0.4, -0.2) is 6.61 Å². The molecule has 0 spiro atoms. The smallest absolute Gasteiger partial charge is 0.119 e. The SMILES string of the molecule is CCCCCOc1ccc(-c2ccc(C#Cc3ccc(Cl)cc3)cc2)cc1. The van der Waals surface area contributed by atoms with Gasteiger partial charge in [0.2, 0.25) is 0 Å². The van der Waals surface area contributed by atoms with Crippen LogP contribution in [-0.2, 0) is 0 Å². The van der Waals surface area contributed by atoms with Gasteiger partial charge in [0.1, 0.15) is 5.75 Å². The summed E-state index contributed by atoms with van der Waals surface area (Å²) in [5, 5.41) is 0.724. The van der Waals surface area contributed by atoms with Crippen molar-refractivity contribution in [1.82, 2.24) is 0 Å². The summed E-state index contributed by atoms with van der Waals surface area (Å²) in [6, 6.07) is 24.1. The summed E-state index contributed by atoms with van der Waals surface area (Å²) >= 11 is 5.90. The fourth-order valence-electron chi connectivity index (χ4n) is 2.71. The average molecular weight is 375 g/mol. The lowest BCUT2D eigenvalue weighted by molar-refractivity contribution is 0.306. The average Bonchev–Trinajstić information content (AvgIpc) is 2.72. The first-order valence-corrected chi connectivity index (χ1v) is 9.73. The van der Waals surface area contributed by atoms with Crippen LogP contribution in [0.3, 0.4) is 0 Å². The molecule has 0 bridgehead atoms. The van der Waals surface area contributed by atoms with Gasteiger partial charge in [0, 0.05) is 16.1 Å². The maximum atomic E-state index is 5.90. The molecule has 0 saturated heterocycles. The van der Waals surface area contributed by atoms with Crippen molar-refractivity contribution in [2.75, 3.05) is 6.61 Å². The van der Waals surface area contributed by atoms with Gasteiger partial charge in [0.25, 0.3) is 0 Å². The zero-order valence-corrected chi connectivity index (χ0v) is 16.3. The molecule has 2 heteroatoms. The largest absolute Gasteiger partial charge is 0.494 e. The third kappa shape index (κ3) is 5.91. The molecule has 0 aliphatic heterocycles. The number of ether oxygens (including phenoxy) is 1. The van der Waals surface area contributed by atoms with E-state index in [-0.39, 0.29) is 0 Å². The van der Waals surface area contributed by atoms with Gasteiger partial charge in [-0.05, 0) is 66.1 Å². The van der Waals surface area contributed by atoms with Gasteiger partial charge in [-0.3, -0.25) is 0 Å². The standard InChI is InChI=1S/C25H23ClO/c1-2-3-4-19-27-25-17-13-23(14-18-25)22-11-7-20(8-12-22)5-6-21-9-15-24(26)16-10-21/h7-18H,2-4,19H2,1H3. The van der Waals surface area contributed by atoms with E-state index in [9.17, 15) is 0 Å². The molecule has 3 rings (SSSR count). The zero-order valence-electron chi connectivity index (χ0n) is 15.5. The molecule has 0 aliphatic rings. The highest BCUT2D eigenvalue weighted by molar-refractivity contribution is 6.30. The fourth-order valence-corrected chi connectivity index (χ4v) is 2.84. The molecule has 3 aromatic rings. The minimum atomic E-state index is 0.724. The Balaban J connectivity index is 1.62.